The summed E-state index contributed by atoms with van der Waals surface area (Å²) in [6.45, 7) is 5.51. The summed E-state index contributed by atoms with van der Waals surface area (Å²) in [7, 11) is 0. The molecular formula is C15H15NO4. The maximum absolute atomic E-state index is 12.1. The first kappa shape index (κ1) is 13.9. The second-order valence-corrected chi connectivity index (χ2v) is 4.01. The minimum Gasteiger partial charge on any atom is -0.461 e. The van der Waals surface area contributed by atoms with Crippen molar-refractivity contribution >= 4 is 23.0 Å². The molecule has 0 aliphatic rings. The fourth-order valence-corrected chi connectivity index (χ4v) is 1.90. The summed E-state index contributed by atoms with van der Waals surface area (Å²) in [6.07, 6.45) is 0.835. The molecule has 0 radical (unpaired) electrons. The van der Waals surface area contributed by atoms with Crippen LogP contribution in [0.4, 0.5) is 4.79 Å². The average Bonchev–Trinajstić information content (AvgIpc) is 2.84. The average molecular weight is 273 g/mol. The smallest absolute Gasteiger partial charge is 0.419 e. The molecule has 2 aromatic rings. The van der Waals surface area contributed by atoms with Crippen molar-refractivity contribution in [1.82, 2.24) is 4.57 Å². The number of aromatic nitrogens is 1. The normalized spacial score (nSPS) is 10.2. The Morgan fingerprint density at radius 3 is 2.75 bits per heavy atom. The van der Waals surface area contributed by atoms with Gasteiger partial charge in [0.25, 0.3) is 0 Å². The number of hydrogen-bond acceptors (Lipinski definition) is 4. The number of para-hydroxylation sites is 1. The molecule has 0 amide bonds. The van der Waals surface area contributed by atoms with Crippen molar-refractivity contribution < 1.29 is 19.1 Å². The lowest BCUT2D eigenvalue weighted by molar-refractivity contribution is 0.0512. The summed E-state index contributed by atoms with van der Waals surface area (Å²) in [5.41, 5.74) is 0.756. The van der Waals surface area contributed by atoms with Gasteiger partial charge in [-0.2, -0.15) is 0 Å². The standard InChI is InChI=1S/C15H15NO4/c1-3-9-20-15(18)16-12-8-6-5-7-11(12)10-13(16)14(17)19-4-2/h3,5-8,10H,1,4,9H2,2H3. The second kappa shape index (κ2) is 6.06. The Balaban J connectivity index is 2.52. The van der Waals surface area contributed by atoms with Crippen LogP contribution in [-0.4, -0.2) is 29.8 Å². The number of esters is 1. The van der Waals surface area contributed by atoms with Crippen molar-refractivity contribution in [1.29, 1.82) is 0 Å². The Labute approximate surface area is 116 Å². The monoisotopic (exact) mass is 273 g/mol. The maximum atomic E-state index is 12.1. The van der Waals surface area contributed by atoms with Crippen molar-refractivity contribution in [2.75, 3.05) is 13.2 Å². The molecule has 0 atom stereocenters. The van der Waals surface area contributed by atoms with Crippen LogP contribution >= 0.6 is 0 Å². The zero-order valence-electron chi connectivity index (χ0n) is 11.2. The van der Waals surface area contributed by atoms with Gasteiger partial charge >= 0.3 is 12.1 Å². The summed E-state index contributed by atoms with van der Waals surface area (Å²) in [5, 5.41) is 0.770. The van der Waals surface area contributed by atoms with Crippen LogP contribution in [0.1, 0.15) is 17.4 Å². The van der Waals surface area contributed by atoms with Gasteiger partial charge in [0, 0.05) is 5.39 Å². The zero-order valence-corrected chi connectivity index (χ0v) is 11.2. The number of benzene rings is 1. The van der Waals surface area contributed by atoms with Crippen LogP contribution in [0.5, 0.6) is 0 Å². The zero-order chi connectivity index (χ0) is 14.5. The largest absolute Gasteiger partial charge is 0.461 e. The molecule has 5 heteroatoms. The Kier molecular flexibility index (Phi) is 4.20. The van der Waals surface area contributed by atoms with Gasteiger partial charge in [-0.05, 0) is 19.1 Å². The number of carbonyl (C=O) groups excluding carboxylic acids is 2. The molecule has 1 heterocycles. The molecule has 0 saturated carbocycles. The van der Waals surface area contributed by atoms with Crippen molar-refractivity contribution in [3.63, 3.8) is 0 Å². The fraction of sp³-hybridized carbons (Fsp3) is 0.200. The number of hydrogen-bond donors (Lipinski definition) is 0. The first-order valence-corrected chi connectivity index (χ1v) is 6.24. The molecule has 0 spiro atoms. The highest BCUT2D eigenvalue weighted by Gasteiger charge is 2.21. The predicted molar refractivity (Wildman–Crippen MR) is 74.8 cm³/mol. The van der Waals surface area contributed by atoms with Crippen LogP contribution in [0.15, 0.2) is 43.0 Å². The Bertz CT molecular complexity index is 657. The van der Waals surface area contributed by atoms with E-state index in [9.17, 15) is 9.59 Å². The van der Waals surface area contributed by atoms with E-state index in [0.29, 0.717) is 5.52 Å². The van der Waals surface area contributed by atoms with Gasteiger partial charge in [-0.25, -0.2) is 14.2 Å². The second-order valence-electron chi connectivity index (χ2n) is 4.01. The van der Waals surface area contributed by atoms with Crippen LogP contribution in [0, 0.1) is 0 Å². The molecule has 0 aliphatic carbocycles. The molecule has 0 bridgehead atoms. The van der Waals surface area contributed by atoms with E-state index in [1.54, 1.807) is 25.1 Å². The molecular weight excluding hydrogens is 258 g/mol. The molecule has 0 fully saturated rings. The molecule has 0 aliphatic heterocycles. The summed E-state index contributed by atoms with van der Waals surface area (Å²) in [6, 6.07) is 8.79. The van der Waals surface area contributed by atoms with Crippen LogP contribution in [-0.2, 0) is 9.47 Å². The molecule has 5 nitrogen and oxygen atoms in total. The van der Waals surface area contributed by atoms with Gasteiger partial charge in [0.1, 0.15) is 12.3 Å². The molecule has 1 aromatic carbocycles. The van der Waals surface area contributed by atoms with E-state index < -0.39 is 12.1 Å². The van der Waals surface area contributed by atoms with Gasteiger partial charge in [0.05, 0.1) is 12.1 Å². The third-order valence-corrected chi connectivity index (χ3v) is 2.70. The molecule has 0 unspecified atom stereocenters. The summed E-state index contributed by atoms with van der Waals surface area (Å²) >= 11 is 0. The highest BCUT2D eigenvalue weighted by molar-refractivity contribution is 6.01. The highest BCUT2D eigenvalue weighted by atomic mass is 16.6. The fourth-order valence-electron chi connectivity index (χ4n) is 1.90. The quantitative estimate of drug-likeness (QED) is 0.634. The Morgan fingerprint density at radius 2 is 2.05 bits per heavy atom. The van der Waals surface area contributed by atoms with E-state index in [0.717, 1.165) is 5.39 Å². The lowest BCUT2D eigenvalue weighted by Gasteiger charge is -2.08. The van der Waals surface area contributed by atoms with Crippen LogP contribution < -0.4 is 0 Å². The van der Waals surface area contributed by atoms with Crippen molar-refractivity contribution in [2.24, 2.45) is 0 Å². The van der Waals surface area contributed by atoms with Crippen molar-refractivity contribution in [3.05, 3.63) is 48.7 Å². The van der Waals surface area contributed by atoms with Gasteiger partial charge < -0.3 is 9.47 Å². The Hall–Kier alpha value is -2.56. The molecule has 0 saturated heterocycles. The van der Waals surface area contributed by atoms with Crippen molar-refractivity contribution in [3.8, 4) is 0 Å². The summed E-state index contributed by atoms with van der Waals surface area (Å²) < 4.78 is 11.2. The first-order valence-electron chi connectivity index (χ1n) is 6.24. The van der Waals surface area contributed by atoms with Gasteiger partial charge in [-0.3, -0.25) is 0 Å². The van der Waals surface area contributed by atoms with Gasteiger partial charge in [0.15, 0.2) is 0 Å². The number of carbonyl (C=O) groups is 2. The topological polar surface area (TPSA) is 57.5 Å². The molecule has 2 rings (SSSR count). The van der Waals surface area contributed by atoms with Gasteiger partial charge in [-0.15, -0.1) is 0 Å². The summed E-state index contributed by atoms with van der Waals surface area (Å²) in [4.78, 5) is 24.0. The predicted octanol–water partition coefficient (Wildman–Crippen LogP) is 2.99. The minimum atomic E-state index is -0.630. The number of ether oxygens (including phenoxy) is 2. The molecule has 20 heavy (non-hydrogen) atoms. The lowest BCUT2D eigenvalue weighted by Crippen LogP contribution is -2.20. The first-order chi connectivity index (χ1) is 9.69. The van der Waals surface area contributed by atoms with Crippen LogP contribution in [0.3, 0.4) is 0 Å². The molecule has 104 valence electrons. The lowest BCUT2D eigenvalue weighted by atomic mass is 10.2. The highest BCUT2D eigenvalue weighted by Crippen LogP contribution is 2.21. The minimum absolute atomic E-state index is 0.0770. The SMILES string of the molecule is C=CCOC(=O)n1c(C(=O)OCC)cc2ccccc21. The van der Waals surface area contributed by atoms with E-state index >= 15 is 0 Å². The maximum Gasteiger partial charge on any atom is 0.419 e. The third-order valence-electron chi connectivity index (χ3n) is 2.70. The van der Waals surface area contributed by atoms with Crippen molar-refractivity contribution in [2.45, 2.75) is 6.92 Å². The summed E-state index contributed by atoms with van der Waals surface area (Å²) in [5.74, 6) is -0.556. The van der Waals surface area contributed by atoms with Crippen LogP contribution in [0.2, 0.25) is 0 Å². The molecule has 1 aromatic heterocycles. The van der Waals surface area contributed by atoms with E-state index in [-0.39, 0.29) is 18.9 Å². The van der Waals surface area contributed by atoms with E-state index in [2.05, 4.69) is 6.58 Å². The van der Waals surface area contributed by atoms with Gasteiger partial charge in [0.2, 0.25) is 0 Å². The number of nitrogens with zero attached hydrogens (tertiary/aromatic N) is 1. The third kappa shape index (κ3) is 2.56. The van der Waals surface area contributed by atoms with E-state index in [1.807, 2.05) is 12.1 Å². The van der Waals surface area contributed by atoms with E-state index in [1.165, 1.54) is 10.6 Å². The van der Waals surface area contributed by atoms with Gasteiger partial charge in [-0.1, -0.05) is 30.9 Å². The Morgan fingerprint density at radius 1 is 1.30 bits per heavy atom. The van der Waals surface area contributed by atoms with Crippen LogP contribution in [0.25, 0.3) is 10.9 Å². The number of fused-ring (bicyclic) bond motifs is 1. The molecule has 0 N–H and O–H groups in total. The van der Waals surface area contributed by atoms with E-state index in [4.69, 9.17) is 9.47 Å². The number of rotatable bonds is 4.